The molecule has 130 valence electrons. The molecule has 0 bridgehead atoms. The summed E-state index contributed by atoms with van der Waals surface area (Å²) in [5.74, 6) is -1.10. The summed E-state index contributed by atoms with van der Waals surface area (Å²) in [6.07, 6.45) is 1.35. The van der Waals surface area contributed by atoms with Crippen LogP contribution in [0.2, 0.25) is 0 Å². The second kappa shape index (κ2) is 9.34. The van der Waals surface area contributed by atoms with Gasteiger partial charge in [0, 0.05) is 6.92 Å². The van der Waals surface area contributed by atoms with Crippen molar-refractivity contribution in [2.24, 2.45) is 0 Å². The van der Waals surface area contributed by atoms with Crippen LogP contribution in [-0.4, -0.2) is 45.2 Å². The van der Waals surface area contributed by atoms with E-state index in [-0.39, 0.29) is 12.2 Å². The predicted octanol–water partition coefficient (Wildman–Crippen LogP) is 1.78. The lowest BCUT2D eigenvalue weighted by Crippen LogP contribution is -2.21. The molecule has 0 N–H and O–H groups in total. The lowest BCUT2D eigenvalue weighted by molar-refractivity contribution is -0.147. The normalized spacial score (nSPS) is 10.8. The van der Waals surface area contributed by atoms with Gasteiger partial charge in [-0.05, 0) is 30.7 Å². The van der Waals surface area contributed by atoms with E-state index in [9.17, 15) is 14.4 Å². The number of rotatable bonds is 8. The lowest BCUT2D eigenvalue weighted by Gasteiger charge is -2.09. The fourth-order valence-electron chi connectivity index (χ4n) is 1.82. The van der Waals surface area contributed by atoms with Crippen LogP contribution in [0, 0.1) is 0 Å². The van der Waals surface area contributed by atoms with E-state index < -0.39 is 24.3 Å². The van der Waals surface area contributed by atoms with Crippen molar-refractivity contribution in [3.05, 3.63) is 29.3 Å². The molecule has 1 aromatic carbocycles. The number of methoxy groups -OCH3 is 2. The zero-order valence-electron chi connectivity index (χ0n) is 14.1. The van der Waals surface area contributed by atoms with E-state index in [2.05, 4.69) is 4.74 Å². The number of ether oxygens (including phenoxy) is 4. The van der Waals surface area contributed by atoms with E-state index in [1.165, 1.54) is 27.2 Å². The molecule has 0 heterocycles. The van der Waals surface area contributed by atoms with Gasteiger partial charge in [-0.15, -0.1) is 0 Å². The van der Waals surface area contributed by atoms with Crippen LogP contribution in [0.1, 0.15) is 19.4 Å². The molecular formula is C17H20O7. The molecule has 0 spiro atoms. The van der Waals surface area contributed by atoms with Crippen LogP contribution >= 0.6 is 0 Å². The Bertz CT molecular complexity index is 646. The molecule has 0 atom stereocenters. The van der Waals surface area contributed by atoms with Gasteiger partial charge in [-0.25, -0.2) is 4.79 Å². The Hall–Kier alpha value is -2.83. The molecule has 0 unspecified atom stereocenters. The predicted molar refractivity (Wildman–Crippen MR) is 85.8 cm³/mol. The monoisotopic (exact) mass is 336 g/mol. The van der Waals surface area contributed by atoms with Crippen LogP contribution in [0.25, 0.3) is 6.08 Å². The summed E-state index contributed by atoms with van der Waals surface area (Å²) in [7, 11) is 2.98. The van der Waals surface area contributed by atoms with Crippen LogP contribution in [0.3, 0.4) is 0 Å². The molecule has 0 radical (unpaired) electrons. The Morgan fingerprint density at radius 1 is 1.04 bits per heavy atom. The molecule has 0 aliphatic carbocycles. The van der Waals surface area contributed by atoms with Crippen molar-refractivity contribution in [1.29, 1.82) is 0 Å². The average molecular weight is 336 g/mol. The third-order valence-electron chi connectivity index (χ3n) is 2.92. The van der Waals surface area contributed by atoms with Crippen molar-refractivity contribution in [3.63, 3.8) is 0 Å². The zero-order valence-corrected chi connectivity index (χ0v) is 14.1. The van der Waals surface area contributed by atoms with Gasteiger partial charge in [-0.2, -0.15) is 0 Å². The highest BCUT2D eigenvalue weighted by molar-refractivity contribution is 6.21. The summed E-state index contributed by atoms with van der Waals surface area (Å²) in [6.45, 7) is 2.38. The maximum Gasteiger partial charge on any atom is 0.341 e. The molecule has 7 heteroatoms. The van der Waals surface area contributed by atoms with E-state index in [1.54, 1.807) is 25.1 Å². The van der Waals surface area contributed by atoms with Gasteiger partial charge >= 0.3 is 11.9 Å². The maximum atomic E-state index is 12.1. The van der Waals surface area contributed by atoms with Gasteiger partial charge < -0.3 is 18.9 Å². The van der Waals surface area contributed by atoms with Crippen molar-refractivity contribution in [2.45, 2.75) is 13.8 Å². The Morgan fingerprint density at radius 2 is 1.71 bits per heavy atom. The van der Waals surface area contributed by atoms with E-state index in [1.807, 2.05) is 0 Å². The lowest BCUT2D eigenvalue weighted by atomic mass is 10.1. The molecule has 24 heavy (non-hydrogen) atoms. The quantitative estimate of drug-likeness (QED) is 0.309. The summed E-state index contributed by atoms with van der Waals surface area (Å²) in [5, 5.41) is 0. The number of hydrogen-bond acceptors (Lipinski definition) is 7. The Morgan fingerprint density at radius 3 is 2.25 bits per heavy atom. The molecule has 7 nitrogen and oxygen atoms in total. The number of carbonyl (C=O) groups is 3. The molecule has 0 aromatic heterocycles. The van der Waals surface area contributed by atoms with Gasteiger partial charge in [-0.1, -0.05) is 6.07 Å². The second-order valence-electron chi connectivity index (χ2n) is 4.60. The number of ketones is 1. The highest BCUT2D eigenvalue weighted by Crippen LogP contribution is 2.28. The second-order valence-corrected chi connectivity index (χ2v) is 4.60. The molecule has 1 rings (SSSR count). The first-order valence-corrected chi connectivity index (χ1v) is 7.20. The molecule has 1 aromatic rings. The van der Waals surface area contributed by atoms with Crippen LogP contribution in [-0.2, 0) is 23.9 Å². The third-order valence-corrected chi connectivity index (χ3v) is 2.92. The largest absolute Gasteiger partial charge is 0.493 e. The fraction of sp³-hybridized carbons (Fsp3) is 0.353. The van der Waals surface area contributed by atoms with Crippen molar-refractivity contribution in [1.82, 2.24) is 0 Å². The minimum absolute atomic E-state index is 0.114. The first-order valence-electron chi connectivity index (χ1n) is 7.20. The Kier molecular flexibility index (Phi) is 7.48. The van der Waals surface area contributed by atoms with Gasteiger partial charge in [0.15, 0.2) is 18.1 Å². The summed E-state index contributed by atoms with van der Waals surface area (Å²) < 4.78 is 19.8. The number of Topliss-reactive ketones (excluding diaryl/α,β-unsaturated/α-hetero) is 1. The third kappa shape index (κ3) is 5.42. The first-order chi connectivity index (χ1) is 11.4. The summed E-state index contributed by atoms with van der Waals surface area (Å²) >= 11 is 0. The van der Waals surface area contributed by atoms with Gasteiger partial charge in [0.05, 0.1) is 20.8 Å². The topological polar surface area (TPSA) is 88.1 Å². The average Bonchev–Trinajstić information content (AvgIpc) is 2.57. The molecule has 0 saturated carbocycles. The van der Waals surface area contributed by atoms with Crippen LogP contribution in [0.15, 0.2) is 23.8 Å². The number of benzene rings is 1. The summed E-state index contributed by atoms with van der Waals surface area (Å²) in [5.41, 5.74) is 0.317. The smallest absolute Gasteiger partial charge is 0.341 e. The number of esters is 2. The van der Waals surface area contributed by atoms with Crippen LogP contribution in [0.4, 0.5) is 0 Å². The molecule has 0 amide bonds. The first kappa shape index (κ1) is 19.2. The van der Waals surface area contributed by atoms with Crippen LogP contribution < -0.4 is 9.47 Å². The molecule has 0 saturated heterocycles. The van der Waals surface area contributed by atoms with E-state index in [0.717, 1.165) is 0 Å². The number of hydrogen-bond donors (Lipinski definition) is 0. The van der Waals surface area contributed by atoms with Gasteiger partial charge in [0.25, 0.3) is 0 Å². The molecule has 0 aliphatic rings. The molecular weight excluding hydrogens is 316 g/mol. The standard InChI is InChI=1S/C17H20O7/c1-5-23-17(20)13(14(19)10-24-11(2)18)8-12-6-7-15(21-3)16(9-12)22-4/h6-9H,5,10H2,1-4H3. The van der Waals surface area contributed by atoms with Gasteiger partial charge in [0.1, 0.15) is 5.57 Å². The van der Waals surface area contributed by atoms with Crippen molar-refractivity contribution < 1.29 is 33.3 Å². The van der Waals surface area contributed by atoms with Gasteiger partial charge in [-0.3, -0.25) is 9.59 Å². The minimum Gasteiger partial charge on any atom is -0.493 e. The zero-order chi connectivity index (χ0) is 18.1. The maximum absolute atomic E-state index is 12.1. The Labute approximate surface area is 140 Å². The van der Waals surface area contributed by atoms with Crippen LogP contribution in [0.5, 0.6) is 11.5 Å². The number of carbonyl (C=O) groups excluding carboxylic acids is 3. The minimum atomic E-state index is -0.788. The highest BCUT2D eigenvalue weighted by atomic mass is 16.5. The van der Waals surface area contributed by atoms with Crippen molar-refractivity contribution >= 4 is 23.8 Å². The summed E-state index contributed by atoms with van der Waals surface area (Å²) in [4.78, 5) is 35.0. The molecule has 0 aliphatic heterocycles. The highest BCUT2D eigenvalue weighted by Gasteiger charge is 2.21. The van der Waals surface area contributed by atoms with Crippen molar-refractivity contribution in [3.8, 4) is 11.5 Å². The Balaban J connectivity index is 3.17. The van der Waals surface area contributed by atoms with Crippen molar-refractivity contribution in [2.75, 3.05) is 27.4 Å². The van der Waals surface area contributed by atoms with Gasteiger partial charge in [0.2, 0.25) is 5.78 Å². The molecule has 0 fully saturated rings. The van der Waals surface area contributed by atoms with E-state index in [0.29, 0.717) is 17.1 Å². The van der Waals surface area contributed by atoms with E-state index in [4.69, 9.17) is 14.2 Å². The fourth-order valence-corrected chi connectivity index (χ4v) is 1.82. The van der Waals surface area contributed by atoms with E-state index >= 15 is 0 Å². The SMILES string of the molecule is CCOC(=O)C(=Cc1ccc(OC)c(OC)c1)C(=O)COC(C)=O. The summed E-state index contributed by atoms with van der Waals surface area (Å²) in [6, 6.07) is 4.90.